The zero-order chi connectivity index (χ0) is 9.84. The molecule has 0 bridgehead atoms. The summed E-state index contributed by atoms with van der Waals surface area (Å²) >= 11 is 5.72. The van der Waals surface area contributed by atoms with Crippen LogP contribution in [0.1, 0.15) is 6.92 Å². The molecule has 4 heteroatoms. The van der Waals surface area contributed by atoms with Crippen LogP contribution in [-0.4, -0.2) is 6.04 Å². The second kappa shape index (κ2) is 4.11. The predicted molar refractivity (Wildman–Crippen MR) is 50.1 cm³/mol. The number of nitrogens with one attached hydrogen (secondary N) is 1. The lowest BCUT2D eigenvalue weighted by atomic mass is 10.2. The van der Waals surface area contributed by atoms with E-state index in [9.17, 15) is 4.39 Å². The molecule has 1 atom stereocenters. The molecule has 0 fully saturated rings. The first-order valence-electron chi connectivity index (χ1n) is 3.75. The van der Waals surface area contributed by atoms with Crippen LogP contribution in [0.3, 0.4) is 0 Å². The minimum atomic E-state index is -0.464. The van der Waals surface area contributed by atoms with E-state index >= 15 is 0 Å². The minimum absolute atomic E-state index is 0.179. The fourth-order valence-electron chi connectivity index (χ4n) is 0.884. The van der Waals surface area contributed by atoms with Gasteiger partial charge in [-0.25, -0.2) is 4.39 Å². The molecule has 0 heterocycles. The maximum absolute atomic E-state index is 13.1. The van der Waals surface area contributed by atoms with Gasteiger partial charge >= 0.3 is 0 Å². The van der Waals surface area contributed by atoms with E-state index in [-0.39, 0.29) is 10.7 Å². The molecule has 0 amide bonds. The molecule has 0 aliphatic rings. The lowest BCUT2D eigenvalue weighted by Gasteiger charge is -2.10. The fraction of sp³-hybridized carbons (Fsp3) is 0.222. The summed E-state index contributed by atoms with van der Waals surface area (Å²) in [5.74, 6) is -0.449. The molecule has 0 aliphatic carbocycles. The van der Waals surface area contributed by atoms with Crippen molar-refractivity contribution in [2.24, 2.45) is 0 Å². The van der Waals surface area contributed by atoms with Gasteiger partial charge in [0.1, 0.15) is 11.9 Å². The number of hydrogen-bond acceptors (Lipinski definition) is 2. The zero-order valence-corrected chi connectivity index (χ0v) is 7.77. The van der Waals surface area contributed by atoms with Gasteiger partial charge in [-0.3, -0.25) is 0 Å². The van der Waals surface area contributed by atoms with Crippen molar-refractivity contribution >= 4 is 17.3 Å². The van der Waals surface area contributed by atoms with E-state index < -0.39 is 11.9 Å². The molecule has 1 N–H and O–H groups in total. The SMILES string of the molecule is CC(C#N)Nc1c(F)cccc1Cl. The van der Waals surface area contributed by atoms with E-state index in [4.69, 9.17) is 16.9 Å². The molecule has 0 saturated carbocycles. The summed E-state index contributed by atoms with van der Waals surface area (Å²) in [6.07, 6.45) is 0. The van der Waals surface area contributed by atoms with Crippen molar-refractivity contribution in [1.29, 1.82) is 5.26 Å². The predicted octanol–water partition coefficient (Wildman–Crippen LogP) is 2.80. The Morgan fingerprint density at radius 3 is 2.85 bits per heavy atom. The second-order valence-corrected chi connectivity index (χ2v) is 3.00. The molecule has 0 radical (unpaired) electrons. The molecule has 0 spiro atoms. The van der Waals surface area contributed by atoms with Crippen LogP contribution in [0.4, 0.5) is 10.1 Å². The Morgan fingerprint density at radius 2 is 2.31 bits per heavy atom. The first kappa shape index (κ1) is 9.82. The number of benzene rings is 1. The fourth-order valence-corrected chi connectivity index (χ4v) is 1.10. The van der Waals surface area contributed by atoms with Crippen LogP contribution in [0.15, 0.2) is 18.2 Å². The molecule has 1 rings (SSSR count). The largest absolute Gasteiger partial charge is 0.366 e. The number of halogens is 2. The van der Waals surface area contributed by atoms with Gasteiger partial charge in [-0.05, 0) is 19.1 Å². The number of nitriles is 1. The van der Waals surface area contributed by atoms with Crippen LogP contribution in [-0.2, 0) is 0 Å². The van der Waals surface area contributed by atoms with Gasteiger partial charge in [0, 0.05) is 0 Å². The highest BCUT2D eigenvalue weighted by Crippen LogP contribution is 2.24. The number of nitrogens with zero attached hydrogens (tertiary/aromatic N) is 1. The van der Waals surface area contributed by atoms with Crippen LogP contribution >= 0.6 is 11.6 Å². The average molecular weight is 199 g/mol. The monoisotopic (exact) mass is 198 g/mol. The summed E-state index contributed by atoms with van der Waals surface area (Å²) in [4.78, 5) is 0. The molecule has 1 aromatic rings. The van der Waals surface area contributed by atoms with Crippen molar-refractivity contribution in [2.75, 3.05) is 5.32 Å². The smallest absolute Gasteiger partial charge is 0.147 e. The molecule has 2 nitrogen and oxygen atoms in total. The van der Waals surface area contributed by atoms with E-state index in [0.29, 0.717) is 0 Å². The van der Waals surface area contributed by atoms with Gasteiger partial charge in [0.25, 0.3) is 0 Å². The number of anilines is 1. The summed E-state index contributed by atoms with van der Waals surface area (Å²) in [6.45, 7) is 1.63. The van der Waals surface area contributed by atoms with Crippen molar-refractivity contribution < 1.29 is 4.39 Å². The Morgan fingerprint density at radius 1 is 1.62 bits per heavy atom. The van der Waals surface area contributed by atoms with E-state index in [1.807, 2.05) is 6.07 Å². The number of hydrogen-bond donors (Lipinski definition) is 1. The summed E-state index contributed by atoms with van der Waals surface area (Å²) < 4.78 is 13.1. The molecule has 0 saturated heterocycles. The lowest BCUT2D eigenvalue weighted by Crippen LogP contribution is -2.13. The Balaban J connectivity index is 2.95. The Bertz CT molecular complexity index is 326. The van der Waals surface area contributed by atoms with Crippen LogP contribution < -0.4 is 5.32 Å². The molecule has 1 aromatic carbocycles. The Labute approximate surface area is 80.9 Å². The highest BCUT2D eigenvalue weighted by molar-refractivity contribution is 6.33. The normalized spacial score (nSPS) is 11.8. The van der Waals surface area contributed by atoms with Crippen LogP contribution in [0.2, 0.25) is 5.02 Å². The first-order valence-corrected chi connectivity index (χ1v) is 4.13. The van der Waals surface area contributed by atoms with Crippen LogP contribution in [0, 0.1) is 17.1 Å². The Kier molecular flexibility index (Phi) is 3.10. The maximum Gasteiger partial charge on any atom is 0.147 e. The van der Waals surface area contributed by atoms with Crippen molar-refractivity contribution in [3.63, 3.8) is 0 Å². The topological polar surface area (TPSA) is 35.8 Å². The molecule has 0 aliphatic heterocycles. The first-order chi connectivity index (χ1) is 6.15. The molecular formula is C9H8ClFN2. The number of rotatable bonds is 2. The standard InChI is InChI=1S/C9H8ClFN2/c1-6(5-12)13-9-7(10)3-2-4-8(9)11/h2-4,6,13H,1H3. The van der Waals surface area contributed by atoms with Crippen molar-refractivity contribution in [1.82, 2.24) is 0 Å². The maximum atomic E-state index is 13.1. The van der Waals surface area contributed by atoms with E-state index in [2.05, 4.69) is 5.32 Å². The molecule has 1 unspecified atom stereocenters. The molecule has 68 valence electrons. The zero-order valence-electron chi connectivity index (χ0n) is 7.01. The highest BCUT2D eigenvalue weighted by atomic mass is 35.5. The summed E-state index contributed by atoms with van der Waals surface area (Å²) in [5.41, 5.74) is 0.179. The van der Waals surface area contributed by atoms with Crippen molar-refractivity contribution in [2.45, 2.75) is 13.0 Å². The van der Waals surface area contributed by atoms with E-state index in [0.717, 1.165) is 0 Å². The van der Waals surface area contributed by atoms with Gasteiger partial charge in [-0.2, -0.15) is 5.26 Å². The van der Waals surface area contributed by atoms with Gasteiger partial charge in [-0.1, -0.05) is 17.7 Å². The van der Waals surface area contributed by atoms with Gasteiger partial charge in [0.2, 0.25) is 0 Å². The van der Waals surface area contributed by atoms with Gasteiger partial charge in [-0.15, -0.1) is 0 Å². The van der Waals surface area contributed by atoms with Crippen molar-refractivity contribution in [3.05, 3.63) is 29.0 Å². The minimum Gasteiger partial charge on any atom is -0.366 e. The molecule has 0 aromatic heterocycles. The van der Waals surface area contributed by atoms with Gasteiger partial charge < -0.3 is 5.32 Å². The van der Waals surface area contributed by atoms with E-state index in [1.165, 1.54) is 12.1 Å². The summed E-state index contributed by atoms with van der Waals surface area (Å²) in [6, 6.07) is 5.84. The number of para-hydroxylation sites is 1. The average Bonchev–Trinajstić information content (AvgIpc) is 2.11. The van der Waals surface area contributed by atoms with Crippen LogP contribution in [0.5, 0.6) is 0 Å². The van der Waals surface area contributed by atoms with Crippen LogP contribution in [0.25, 0.3) is 0 Å². The molecule has 13 heavy (non-hydrogen) atoms. The summed E-state index contributed by atoms with van der Waals surface area (Å²) in [5, 5.41) is 11.4. The molecular weight excluding hydrogens is 191 g/mol. The quantitative estimate of drug-likeness (QED) is 0.793. The highest BCUT2D eigenvalue weighted by Gasteiger charge is 2.08. The summed E-state index contributed by atoms with van der Waals surface area (Å²) in [7, 11) is 0. The third-order valence-electron chi connectivity index (χ3n) is 1.52. The van der Waals surface area contributed by atoms with Gasteiger partial charge in [0.05, 0.1) is 16.8 Å². The van der Waals surface area contributed by atoms with Gasteiger partial charge in [0.15, 0.2) is 0 Å². The second-order valence-electron chi connectivity index (χ2n) is 2.59. The third-order valence-corrected chi connectivity index (χ3v) is 1.83. The third kappa shape index (κ3) is 2.33. The van der Waals surface area contributed by atoms with Crippen molar-refractivity contribution in [3.8, 4) is 6.07 Å². The lowest BCUT2D eigenvalue weighted by molar-refractivity contribution is 0.629. The van der Waals surface area contributed by atoms with E-state index in [1.54, 1.807) is 13.0 Å². The Hall–Kier alpha value is -1.27.